The van der Waals surface area contributed by atoms with Crippen molar-refractivity contribution in [3.63, 3.8) is 0 Å². The van der Waals surface area contributed by atoms with Crippen LogP contribution in [0.25, 0.3) is 31.7 Å². The van der Waals surface area contributed by atoms with E-state index in [4.69, 9.17) is 9.47 Å². The highest BCUT2D eigenvalue weighted by atomic mass is 32.1. The van der Waals surface area contributed by atoms with Crippen LogP contribution in [0.1, 0.15) is 0 Å². The van der Waals surface area contributed by atoms with Crippen LogP contribution < -0.4 is 9.47 Å². The van der Waals surface area contributed by atoms with E-state index in [1.165, 1.54) is 31.7 Å². The van der Waals surface area contributed by atoms with Gasteiger partial charge in [-0.25, -0.2) is 0 Å². The Morgan fingerprint density at radius 2 is 0.960 bits per heavy atom. The van der Waals surface area contributed by atoms with Gasteiger partial charge in [-0.1, -0.05) is 24.3 Å². The molecular weight excluding hydrogens is 328 g/mol. The van der Waals surface area contributed by atoms with Crippen molar-refractivity contribution in [3.05, 3.63) is 72.8 Å². The van der Waals surface area contributed by atoms with Crippen LogP contribution >= 0.6 is 11.3 Å². The van der Waals surface area contributed by atoms with E-state index in [2.05, 4.69) is 48.5 Å². The third-order valence-corrected chi connectivity index (χ3v) is 5.64. The molecule has 0 aliphatic rings. The minimum absolute atomic E-state index is 0.875. The Labute approximate surface area is 151 Å². The Hall–Kier alpha value is -2.78. The van der Waals surface area contributed by atoms with Crippen LogP contribution in [0.4, 0.5) is 0 Å². The summed E-state index contributed by atoms with van der Waals surface area (Å²) in [5.41, 5.74) is 2.42. The molecule has 4 aromatic rings. The van der Waals surface area contributed by atoms with E-state index in [1.807, 2.05) is 35.6 Å². The van der Waals surface area contributed by atoms with Crippen LogP contribution in [-0.4, -0.2) is 14.2 Å². The average molecular weight is 346 g/mol. The molecule has 4 rings (SSSR count). The van der Waals surface area contributed by atoms with E-state index in [1.54, 1.807) is 14.2 Å². The fourth-order valence-corrected chi connectivity index (χ4v) is 4.29. The number of hydrogen-bond donors (Lipinski definition) is 0. The summed E-state index contributed by atoms with van der Waals surface area (Å²) in [5.74, 6) is 1.75. The van der Waals surface area contributed by atoms with Gasteiger partial charge in [0, 0.05) is 20.5 Å². The zero-order chi connectivity index (χ0) is 17.2. The van der Waals surface area contributed by atoms with Crippen LogP contribution in [0.5, 0.6) is 11.5 Å². The molecule has 0 aliphatic heterocycles. The molecule has 0 amide bonds. The van der Waals surface area contributed by atoms with E-state index in [-0.39, 0.29) is 0 Å². The monoisotopic (exact) mass is 346 g/mol. The molecule has 0 spiro atoms. The van der Waals surface area contributed by atoms with E-state index < -0.39 is 0 Å². The number of ether oxygens (including phenoxy) is 2. The summed E-state index contributed by atoms with van der Waals surface area (Å²) >= 11 is 1.82. The number of thiophene rings is 1. The summed E-state index contributed by atoms with van der Waals surface area (Å²) in [5, 5.41) is 2.56. The first-order valence-corrected chi connectivity index (χ1v) is 8.92. The van der Waals surface area contributed by atoms with Gasteiger partial charge in [0.05, 0.1) is 14.2 Å². The molecule has 0 radical (unpaired) electrons. The quantitative estimate of drug-likeness (QED) is 0.435. The van der Waals surface area contributed by atoms with Gasteiger partial charge in [0.25, 0.3) is 0 Å². The summed E-state index contributed by atoms with van der Waals surface area (Å²) in [6.07, 6.45) is 0. The fraction of sp³-hybridized carbons (Fsp3) is 0.0909. The number of methoxy groups -OCH3 is 2. The molecule has 0 bridgehead atoms. The Balaban J connectivity index is 1.88. The smallest absolute Gasteiger partial charge is 0.118 e. The molecule has 2 nitrogen and oxygen atoms in total. The second-order valence-electron chi connectivity index (χ2n) is 5.76. The fourth-order valence-electron chi connectivity index (χ4n) is 3.00. The Morgan fingerprint density at radius 1 is 0.560 bits per heavy atom. The van der Waals surface area contributed by atoms with Gasteiger partial charge in [-0.2, -0.15) is 0 Å². The topological polar surface area (TPSA) is 18.5 Å². The predicted molar refractivity (Wildman–Crippen MR) is 106 cm³/mol. The Kier molecular flexibility index (Phi) is 4.16. The van der Waals surface area contributed by atoms with Crippen LogP contribution in [0.3, 0.4) is 0 Å². The Morgan fingerprint density at radius 3 is 1.32 bits per heavy atom. The van der Waals surface area contributed by atoms with Crippen molar-refractivity contribution in [2.24, 2.45) is 0 Å². The number of fused-ring (bicyclic) bond motifs is 1. The SMILES string of the molecule is COc1ccc(-c2sc(-c3ccc(OC)cc3)c3ccccc23)cc1. The summed E-state index contributed by atoms with van der Waals surface area (Å²) < 4.78 is 10.6. The lowest BCUT2D eigenvalue weighted by atomic mass is 10.0. The van der Waals surface area contributed by atoms with Gasteiger partial charge in [-0.05, 0) is 59.7 Å². The van der Waals surface area contributed by atoms with Gasteiger partial charge in [-0.15, -0.1) is 11.3 Å². The summed E-state index contributed by atoms with van der Waals surface area (Å²) in [4.78, 5) is 2.56. The minimum Gasteiger partial charge on any atom is -0.497 e. The van der Waals surface area contributed by atoms with Crippen molar-refractivity contribution in [1.29, 1.82) is 0 Å². The largest absolute Gasteiger partial charge is 0.497 e. The molecule has 25 heavy (non-hydrogen) atoms. The molecule has 0 unspecified atom stereocenters. The zero-order valence-corrected chi connectivity index (χ0v) is 15.0. The van der Waals surface area contributed by atoms with Crippen molar-refractivity contribution in [3.8, 4) is 32.4 Å². The van der Waals surface area contributed by atoms with Crippen LogP contribution in [-0.2, 0) is 0 Å². The molecule has 0 fully saturated rings. The van der Waals surface area contributed by atoms with Crippen molar-refractivity contribution >= 4 is 22.1 Å². The van der Waals surface area contributed by atoms with Gasteiger partial charge in [-0.3, -0.25) is 0 Å². The lowest BCUT2D eigenvalue weighted by Crippen LogP contribution is -1.81. The normalized spacial score (nSPS) is 10.8. The number of benzene rings is 3. The molecule has 0 N–H and O–H groups in total. The van der Waals surface area contributed by atoms with E-state index in [9.17, 15) is 0 Å². The average Bonchev–Trinajstić information content (AvgIpc) is 3.08. The maximum atomic E-state index is 5.28. The number of hydrogen-bond acceptors (Lipinski definition) is 3. The van der Waals surface area contributed by atoms with Crippen molar-refractivity contribution < 1.29 is 9.47 Å². The van der Waals surface area contributed by atoms with E-state index >= 15 is 0 Å². The van der Waals surface area contributed by atoms with Crippen molar-refractivity contribution in [1.82, 2.24) is 0 Å². The molecular formula is C22H18O2S. The molecule has 0 saturated carbocycles. The molecule has 3 heteroatoms. The first kappa shape index (κ1) is 15.7. The van der Waals surface area contributed by atoms with Crippen LogP contribution in [0.2, 0.25) is 0 Å². The summed E-state index contributed by atoms with van der Waals surface area (Å²) in [7, 11) is 3.38. The summed E-state index contributed by atoms with van der Waals surface area (Å²) in [6, 6.07) is 25.1. The van der Waals surface area contributed by atoms with Gasteiger partial charge < -0.3 is 9.47 Å². The molecule has 124 valence electrons. The molecule has 1 heterocycles. The van der Waals surface area contributed by atoms with E-state index in [0.717, 1.165) is 11.5 Å². The molecule has 0 atom stereocenters. The van der Waals surface area contributed by atoms with Crippen LogP contribution in [0.15, 0.2) is 72.8 Å². The second-order valence-corrected chi connectivity index (χ2v) is 6.78. The van der Waals surface area contributed by atoms with Gasteiger partial charge in [0.1, 0.15) is 11.5 Å². The lowest BCUT2D eigenvalue weighted by Gasteiger charge is -2.02. The molecule has 3 aromatic carbocycles. The molecule has 0 aliphatic carbocycles. The first-order valence-electron chi connectivity index (χ1n) is 8.10. The van der Waals surface area contributed by atoms with Crippen molar-refractivity contribution in [2.75, 3.05) is 14.2 Å². The standard InChI is InChI=1S/C22H18O2S/c1-23-17-11-7-15(8-12-17)21-19-5-3-4-6-20(19)22(25-21)16-9-13-18(24-2)14-10-16/h3-14H,1-2H3. The zero-order valence-electron chi connectivity index (χ0n) is 14.2. The third-order valence-electron chi connectivity index (χ3n) is 4.32. The third kappa shape index (κ3) is 2.87. The molecule has 0 saturated heterocycles. The Bertz CT molecular complexity index is 917. The summed E-state index contributed by atoms with van der Waals surface area (Å²) in [6.45, 7) is 0. The first-order chi connectivity index (χ1) is 12.3. The molecule has 1 aromatic heterocycles. The highest BCUT2D eigenvalue weighted by molar-refractivity contribution is 7.21. The van der Waals surface area contributed by atoms with E-state index in [0.29, 0.717) is 0 Å². The number of rotatable bonds is 4. The maximum absolute atomic E-state index is 5.28. The van der Waals surface area contributed by atoms with Crippen LogP contribution in [0, 0.1) is 0 Å². The predicted octanol–water partition coefficient (Wildman–Crippen LogP) is 6.25. The van der Waals surface area contributed by atoms with Gasteiger partial charge in [0.2, 0.25) is 0 Å². The minimum atomic E-state index is 0.875. The highest BCUT2D eigenvalue weighted by Gasteiger charge is 2.14. The second kappa shape index (κ2) is 6.61. The lowest BCUT2D eigenvalue weighted by molar-refractivity contribution is 0.415. The maximum Gasteiger partial charge on any atom is 0.118 e. The van der Waals surface area contributed by atoms with Gasteiger partial charge in [0.15, 0.2) is 0 Å². The van der Waals surface area contributed by atoms with Gasteiger partial charge >= 0.3 is 0 Å². The van der Waals surface area contributed by atoms with Crippen molar-refractivity contribution in [2.45, 2.75) is 0 Å². The highest BCUT2D eigenvalue weighted by Crippen LogP contribution is 2.44.